The first-order valence-electron chi connectivity index (χ1n) is 5.63. The fourth-order valence-electron chi connectivity index (χ4n) is 1.82. The number of rotatable bonds is 4. The van der Waals surface area contributed by atoms with Gasteiger partial charge in [-0.15, -0.1) is 0 Å². The van der Waals surface area contributed by atoms with Gasteiger partial charge in [0.2, 0.25) is 0 Å². The quantitative estimate of drug-likeness (QED) is 0.815. The number of carbonyl (C=O) groups is 1. The van der Waals surface area contributed by atoms with Crippen molar-refractivity contribution < 1.29 is 9.90 Å². The van der Waals surface area contributed by atoms with E-state index >= 15 is 0 Å². The van der Waals surface area contributed by atoms with Gasteiger partial charge < -0.3 is 10.4 Å². The first kappa shape index (κ1) is 12.5. The summed E-state index contributed by atoms with van der Waals surface area (Å²) in [6, 6.07) is 9.86. The van der Waals surface area contributed by atoms with Gasteiger partial charge in [0.15, 0.2) is 0 Å². The number of carboxylic acid groups (broad SMARTS) is 1. The molecule has 0 heterocycles. The van der Waals surface area contributed by atoms with Gasteiger partial charge in [-0.05, 0) is 11.6 Å². The van der Waals surface area contributed by atoms with Crippen LogP contribution in [0.15, 0.2) is 48.2 Å². The molecule has 0 bridgehead atoms. The van der Waals surface area contributed by atoms with Crippen molar-refractivity contribution in [3.8, 4) is 0 Å². The Labute approximate surface area is 111 Å². The van der Waals surface area contributed by atoms with Gasteiger partial charge in [-0.1, -0.05) is 48.6 Å². The summed E-state index contributed by atoms with van der Waals surface area (Å²) in [5.74, 6) is -0.889. The Bertz CT molecular complexity index is 532. The molecule has 0 aliphatic heterocycles. The Morgan fingerprint density at radius 2 is 2.06 bits per heavy atom. The molecule has 1 aliphatic carbocycles. The van der Waals surface area contributed by atoms with E-state index in [0.717, 1.165) is 28.1 Å². The summed E-state index contributed by atoms with van der Waals surface area (Å²) in [7, 11) is 0. The molecule has 0 amide bonds. The number of allylic oxidation sites excluding steroid dienone is 3. The van der Waals surface area contributed by atoms with Gasteiger partial charge >= 0.3 is 5.97 Å². The molecule has 3 nitrogen and oxygen atoms in total. The van der Waals surface area contributed by atoms with E-state index in [-0.39, 0.29) is 6.54 Å². The van der Waals surface area contributed by atoms with E-state index in [1.165, 1.54) is 0 Å². The van der Waals surface area contributed by atoms with Gasteiger partial charge in [-0.3, -0.25) is 4.79 Å². The van der Waals surface area contributed by atoms with Gasteiger partial charge in [0, 0.05) is 22.6 Å². The Hall–Kier alpha value is -1.94. The van der Waals surface area contributed by atoms with E-state index < -0.39 is 5.97 Å². The number of hydrogen-bond donors (Lipinski definition) is 2. The summed E-state index contributed by atoms with van der Waals surface area (Å²) < 4.78 is 0. The van der Waals surface area contributed by atoms with Crippen molar-refractivity contribution in [3.63, 3.8) is 0 Å². The molecule has 2 rings (SSSR count). The molecule has 0 saturated carbocycles. The summed E-state index contributed by atoms with van der Waals surface area (Å²) in [6.45, 7) is -0.112. The molecular weight excluding hydrogens is 246 g/mol. The number of thiocarbonyl (C=S) groups is 1. The zero-order valence-electron chi connectivity index (χ0n) is 9.72. The lowest BCUT2D eigenvalue weighted by atomic mass is 9.96. The largest absolute Gasteiger partial charge is 0.480 e. The van der Waals surface area contributed by atoms with Crippen molar-refractivity contribution in [2.45, 2.75) is 6.42 Å². The molecule has 0 saturated heterocycles. The molecule has 0 unspecified atom stereocenters. The highest BCUT2D eigenvalue weighted by Crippen LogP contribution is 2.25. The minimum absolute atomic E-state index is 0.112. The molecule has 1 aromatic rings. The molecule has 0 spiro atoms. The smallest absolute Gasteiger partial charge is 0.322 e. The average molecular weight is 259 g/mol. The number of nitrogens with one attached hydrogen (secondary N) is 1. The van der Waals surface area contributed by atoms with Crippen LogP contribution in [0.3, 0.4) is 0 Å². The van der Waals surface area contributed by atoms with Gasteiger partial charge in [0.05, 0.1) is 0 Å². The number of hydrogen-bond acceptors (Lipinski definition) is 3. The number of benzene rings is 1. The van der Waals surface area contributed by atoms with E-state index in [1.807, 2.05) is 42.5 Å². The van der Waals surface area contributed by atoms with Crippen LogP contribution in [0, 0.1) is 0 Å². The zero-order chi connectivity index (χ0) is 13.0. The number of carboxylic acids is 1. The Morgan fingerprint density at radius 1 is 1.33 bits per heavy atom. The molecule has 0 atom stereocenters. The van der Waals surface area contributed by atoms with E-state index in [2.05, 4.69) is 5.32 Å². The third-order valence-corrected chi connectivity index (χ3v) is 2.90. The van der Waals surface area contributed by atoms with Crippen LogP contribution in [0.5, 0.6) is 0 Å². The highest BCUT2D eigenvalue weighted by Gasteiger charge is 2.13. The summed E-state index contributed by atoms with van der Waals surface area (Å²) >= 11 is 5.16. The lowest BCUT2D eigenvalue weighted by Crippen LogP contribution is -2.24. The van der Waals surface area contributed by atoms with Crippen molar-refractivity contribution in [1.82, 2.24) is 5.32 Å². The summed E-state index contributed by atoms with van der Waals surface area (Å²) in [6.07, 6.45) is 4.58. The van der Waals surface area contributed by atoms with Gasteiger partial charge in [0.25, 0.3) is 0 Å². The second-order valence-corrected chi connectivity index (χ2v) is 4.48. The van der Waals surface area contributed by atoms with Gasteiger partial charge in [-0.25, -0.2) is 0 Å². The molecule has 92 valence electrons. The molecule has 0 aromatic heterocycles. The fraction of sp³-hybridized carbons (Fsp3) is 0.143. The first-order valence-corrected chi connectivity index (χ1v) is 6.04. The van der Waals surface area contributed by atoms with Crippen LogP contribution in [0.1, 0.15) is 12.0 Å². The maximum atomic E-state index is 10.6. The molecule has 18 heavy (non-hydrogen) atoms. The maximum Gasteiger partial charge on any atom is 0.322 e. The molecule has 0 radical (unpaired) electrons. The summed E-state index contributed by atoms with van der Waals surface area (Å²) in [5.41, 5.74) is 2.84. The highest BCUT2D eigenvalue weighted by molar-refractivity contribution is 7.80. The van der Waals surface area contributed by atoms with Crippen LogP contribution < -0.4 is 5.32 Å². The fourth-order valence-corrected chi connectivity index (χ4v) is 2.02. The molecular formula is C14H13NO2S. The Kier molecular flexibility index (Phi) is 3.89. The average Bonchev–Trinajstić information content (AvgIpc) is 2.37. The predicted molar refractivity (Wildman–Crippen MR) is 75.4 cm³/mol. The Morgan fingerprint density at radius 3 is 2.72 bits per heavy atom. The normalized spacial score (nSPS) is 14.8. The highest BCUT2D eigenvalue weighted by atomic mass is 32.1. The van der Waals surface area contributed by atoms with E-state index in [0.29, 0.717) is 0 Å². The summed E-state index contributed by atoms with van der Waals surface area (Å²) in [4.78, 5) is 11.4. The molecule has 2 N–H and O–H groups in total. The molecule has 4 heteroatoms. The van der Waals surface area contributed by atoms with Crippen molar-refractivity contribution in [2.75, 3.05) is 6.54 Å². The van der Waals surface area contributed by atoms with Gasteiger partial charge in [-0.2, -0.15) is 0 Å². The van der Waals surface area contributed by atoms with E-state index in [1.54, 1.807) is 0 Å². The van der Waals surface area contributed by atoms with Gasteiger partial charge in [0.1, 0.15) is 6.54 Å². The number of aliphatic carboxylic acids is 1. The van der Waals surface area contributed by atoms with Crippen molar-refractivity contribution >= 4 is 28.6 Å². The monoisotopic (exact) mass is 259 g/mol. The first-order chi connectivity index (χ1) is 8.66. The topological polar surface area (TPSA) is 49.3 Å². The van der Waals surface area contributed by atoms with Crippen molar-refractivity contribution in [3.05, 3.63) is 53.7 Å². The van der Waals surface area contributed by atoms with E-state index in [9.17, 15) is 4.79 Å². The summed E-state index contributed by atoms with van der Waals surface area (Å²) in [5, 5.41) is 11.6. The van der Waals surface area contributed by atoms with Crippen LogP contribution in [-0.2, 0) is 4.79 Å². The maximum absolute atomic E-state index is 10.6. The predicted octanol–water partition coefficient (Wildman–Crippen LogP) is 2.40. The Balaban J connectivity index is 2.25. The van der Waals surface area contributed by atoms with Crippen LogP contribution in [0.2, 0.25) is 0 Å². The second kappa shape index (κ2) is 5.60. The van der Waals surface area contributed by atoms with Crippen LogP contribution >= 0.6 is 12.2 Å². The third kappa shape index (κ3) is 3.05. The van der Waals surface area contributed by atoms with Crippen LogP contribution in [0.4, 0.5) is 0 Å². The van der Waals surface area contributed by atoms with Crippen LogP contribution in [-0.4, -0.2) is 22.5 Å². The standard InChI is InChI=1S/C14H13NO2S/c16-14(17)9-15-13-8-11(18)6-7-12(13)10-4-2-1-3-5-10/h1-5,7-8,15H,6,9H2,(H,16,17). The minimum atomic E-state index is -0.889. The minimum Gasteiger partial charge on any atom is -0.480 e. The SMILES string of the molecule is O=C(O)CNC1=CC(=S)CC=C1c1ccccc1. The lowest BCUT2D eigenvalue weighted by molar-refractivity contribution is -0.135. The lowest BCUT2D eigenvalue weighted by Gasteiger charge is -2.18. The molecule has 0 fully saturated rings. The second-order valence-electron chi connectivity index (χ2n) is 3.96. The molecule has 1 aromatic carbocycles. The third-order valence-electron chi connectivity index (χ3n) is 2.62. The van der Waals surface area contributed by atoms with Crippen molar-refractivity contribution in [2.24, 2.45) is 0 Å². The van der Waals surface area contributed by atoms with Crippen molar-refractivity contribution in [1.29, 1.82) is 0 Å². The molecule has 1 aliphatic rings. The zero-order valence-corrected chi connectivity index (χ0v) is 10.5. The van der Waals surface area contributed by atoms with E-state index in [4.69, 9.17) is 17.3 Å². The van der Waals surface area contributed by atoms with Crippen LogP contribution in [0.25, 0.3) is 5.57 Å².